The molecule has 0 aliphatic carbocycles. The van der Waals surface area contributed by atoms with Crippen LogP contribution in [0.2, 0.25) is 5.02 Å². The van der Waals surface area contributed by atoms with Gasteiger partial charge in [-0.3, -0.25) is 4.79 Å². The zero-order chi connectivity index (χ0) is 20.4. The molecule has 0 bridgehead atoms. The Bertz CT molecular complexity index is 1070. The fourth-order valence-corrected chi connectivity index (χ4v) is 3.48. The predicted octanol–water partition coefficient (Wildman–Crippen LogP) is 3.40. The van der Waals surface area contributed by atoms with Gasteiger partial charge in [-0.1, -0.05) is 11.6 Å². The lowest BCUT2D eigenvalue weighted by Crippen LogP contribution is -2.05. The molecule has 2 rings (SSSR count). The standard InChI is InChI=1S/C15H14ClN3O6S2/c1-8(20)17-12-7-14(21)10(16)6-13(12)19-18-11-4-3-9(26(22)23)5-15(11)27(2,24)25/h3-7,21H,1-2H3,(H,17,20)(H,22,23). The number of hydrogen-bond donors (Lipinski definition) is 3. The van der Waals surface area contributed by atoms with Gasteiger partial charge in [0.1, 0.15) is 17.1 Å². The van der Waals surface area contributed by atoms with E-state index < -0.39 is 26.8 Å². The fourth-order valence-electron chi connectivity index (χ4n) is 2.01. The van der Waals surface area contributed by atoms with Crippen molar-refractivity contribution in [3.63, 3.8) is 0 Å². The Morgan fingerprint density at radius 2 is 1.81 bits per heavy atom. The van der Waals surface area contributed by atoms with Crippen molar-refractivity contribution in [3.8, 4) is 5.75 Å². The molecule has 0 aromatic heterocycles. The molecule has 0 aliphatic rings. The van der Waals surface area contributed by atoms with Crippen LogP contribution in [0.4, 0.5) is 17.1 Å². The summed E-state index contributed by atoms with van der Waals surface area (Å²) >= 11 is 3.47. The van der Waals surface area contributed by atoms with Crippen LogP contribution < -0.4 is 5.32 Å². The highest BCUT2D eigenvalue weighted by molar-refractivity contribution is 7.91. The molecule has 0 heterocycles. The van der Waals surface area contributed by atoms with Crippen molar-refractivity contribution in [1.82, 2.24) is 0 Å². The second-order valence-electron chi connectivity index (χ2n) is 5.35. The summed E-state index contributed by atoms with van der Waals surface area (Å²) in [6, 6.07) is 5.90. The Balaban J connectivity index is 2.57. The van der Waals surface area contributed by atoms with E-state index in [4.69, 9.17) is 16.2 Å². The van der Waals surface area contributed by atoms with Gasteiger partial charge in [0.15, 0.2) is 20.9 Å². The van der Waals surface area contributed by atoms with E-state index in [0.717, 1.165) is 12.3 Å². The molecule has 1 unspecified atom stereocenters. The molecule has 0 saturated carbocycles. The highest BCUT2D eigenvalue weighted by atomic mass is 35.5. The van der Waals surface area contributed by atoms with Crippen molar-refractivity contribution in [2.75, 3.05) is 11.6 Å². The molecule has 3 N–H and O–H groups in total. The van der Waals surface area contributed by atoms with Gasteiger partial charge in [-0.15, -0.1) is 10.2 Å². The molecule has 2 aromatic rings. The van der Waals surface area contributed by atoms with Crippen LogP contribution in [0, 0.1) is 0 Å². The fraction of sp³-hybridized carbons (Fsp3) is 0.133. The lowest BCUT2D eigenvalue weighted by molar-refractivity contribution is -0.114. The van der Waals surface area contributed by atoms with Gasteiger partial charge in [0.25, 0.3) is 0 Å². The van der Waals surface area contributed by atoms with Crippen LogP contribution in [0.1, 0.15) is 6.92 Å². The summed E-state index contributed by atoms with van der Waals surface area (Å²) in [5, 5.41) is 19.8. The van der Waals surface area contributed by atoms with Gasteiger partial charge in [-0.25, -0.2) is 12.6 Å². The molecule has 1 atom stereocenters. The molecule has 9 nitrogen and oxygen atoms in total. The van der Waals surface area contributed by atoms with Crippen molar-refractivity contribution in [2.45, 2.75) is 16.7 Å². The molecule has 1 amide bonds. The van der Waals surface area contributed by atoms with Gasteiger partial charge in [0.2, 0.25) is 5.91 Å². The number of sulfone groups is 1. The maximum absolute atomic E-state index is 12.0. The number of halogens is 1. The third-order valence-electron chi connectivity index (χ3n) is 3.17. The van der Waals surface area contributed by atoms with Crippen LogP contribution in [0.5, 0.6) is 5.75 Å². The van der Waals surface area contributed by atoms with Gasteiger partial charge in [-0.05, 0) is 24.3 Å². The smallest absolute Gasteiger partial charge is 0.221 e. The van der Waals surface area contributed by atoms with Crippen LogP contribution in [0.3, 0.4) is 0 Å². The number of carbonyl (C=O) groups excluding carboxylic acids is 1. The topological polar surface area (TPSA) is 145 Å². The summed E-state index contributed by atoms with van der Waals surface area (Å²) in [6.45, 7) is 1.25. The average molecular weight is 432 g/mol. The van der Waals surface area contributed by atoms with E-state index in [1.807, 2.05) is 0 Å². The molecule has 0 aliphatic heterocycles. The van der Waals surface area contributed by atoms with E-state index in [-0.39, 0.29) is 37.6 Å². The molecule has 0 spiro atoms. The number of amides is 1. The van der Waals surface area contributed by atoms with Gasteiger partial charge < -0.3 is 15.0 Å². The molecule has 27 heavy (non-hydrogen) atoms. The summed E-state index contributed by atoms with van der Waals surface area (Å²) in [4.78, 5) is 10.9. The van der Waals surface area contributed by atoms with E-state index >= 15 is 0 Å². The Labute approximate surface area is 162 Å². The lowest BCUT2D eigenvalue weighted by Gasteiger charge is -2.08. The normalized spacial score (nSPS) is 12.9. The number of benzene rings is 2. The lowest BCUT2D eigenvalue weighted by atomic mass is 10.2. The first-order valence-electron chi connectivity index (χ1n) is 7.16. The van der Waals surface area contributed by atoms with E-state index in [9.17, 15) is 22.5 Å². The van der Waals surface area contributed by atoms with Crippen molar-refractivity contribution < 1.29 is 27.1 Å². The molecule has 0 fully saturated rings. The third-order valence-corrected chi connectivity index (χ3v) is 5.26. The van der Waals surface area contributed by atoms with Crippen LogP contribution in [-0.2, 0) is 25.7 Å². The number of hydrogen-bond acceptors (Lipinski definition) is 7. The monoisotopic (exact) mass is 431 g/mol. The molecule has 144 valence electrons. The van der Waals surface area contributed by atoms with E-state index in [2.05, 4.69) is 15.5 Å². The largest absolute Gasteiger partial charge is 0.506 e. The summed E-state index contributed by atoms with van der Waals surface area (Å²) < 4.78 is 44.2. The second kappa shape index (κ2) is 8.13. The Hall–Kier alpha value is -2.34. The zero-order valence-electron chi connectivity index (χ0n) is 14.0. The maximum Gasteiger partial charge on any atom is 0.221 e. The molecular weight excluding hydrogens is 418 g/mol. The van der Waals surface area contributed by atoms with Crippen molar-refractivity contribution in [1.29, 1.82) is 0 Å². The SMILES string of the molecule is CC(=O)Nc1cc(O)c(Cl)cc1N=Nc1ccc(S(=O)O)cc1S(C)(=O)=O. The van der Waals surface area contributed by atoms with Crippen LogP contribution >= 0.6 is 11.6 Å². The molecule has 12 heteroatoms. The molecule has 2 aromatic carbocycles. The van der Waals surface area contributed by atoms with Crippen LogP contribution in [-0.4, -0.2) is 34.4 Å². The van der Waals surface area contributed by atoms with Gasteiger partial charge >= 0.3 is 0 Å². The highest BCUT2D eigenvalue weighted by Crippen LogP contribution is 2.37. The molecule has 0 radical (unpaired) electrons. The Kier molecular flexibility index (Phi) is 6.31. The number of phenols is 1. The van der Waals surface area contributed by atoms with Gasteiger partial charge in [0, 0.05) is 19.2 Å². The number of anilines is 1. The minimum Gasteiger partial charge on any atom is -0.506 e. The number of rotatable bonds is 5. The quantitative estimate of drug-likeness (QED) is 0.488. The van der Waals surface area contributed by atoms with Crippen molar-refractivity contribution in [3.05, 3.63) is 35.4 Å². The number of phenolic OH excluding ortho intramolecular Hbond substituents is 1. The number of carbonyl (C=O) groups is 1. The number of nitrogens with zero attached hydrogens (tertiary/aromatic N) is 2. The zero-order valence-corrected chi connectivity index (χ0v) is 16.4. The Morgan fingerprint density at radius 3 is 2.37 bits per heavy atom. The van der Waals surface area contributed by atoms with Crippen molar-refractivity contribution in [2.24, 2.45) is 10.2 Å². The van der Waals surface area contributed by atoms with E-state index in [1.165, 1.54) is 31.2 Å². The number of aromatic hydroxyl groups is 1. The first kappa shape index (κ1) is 21.0. The first-order valence-corrected chi connectivity index (χ1v) is 10.5. The van der Waals surface area contributed by atoms with Crippen LogP contribution in [0.25, 0.3) is 0 Å². The Morgan fingerprint density at radius 1 is 1.19 bits per heavy atom. The number of nitrogens with one attached hydrogen (secondary N) is 1. The molecular formula is C15H14ClN3O6S2. The predicted molar refractivity (Wildman–Crippen MR) is 100 cm³/mol. The maximum atomic E-state index is 12.0. The average Bonchev–Trinajstić information content (AvgIpc) is 2.55. The van der Waals surface area contributed by atoms with E-state index in [1.54, 1.807) is 0 Å². The summed E-state index contributed by atoms with van der Waals surface area (Å²) in [6.07, 6.45) is 0.922. The second-order valence-corrected chi connectivity index (χ2v) is 8.71. The van der Waals surface area contributed by atoms with Gasteiger partial charge in [-0.2, -0.15) is 0 Å². The first-order chi connectivity index (χ1) is 12.5. The minimum atomic E-state index is -3.77. The third kappa shape index (κ3) is 5.32. The van der Waals surface area contributed by atoms with Gasteiger partial charge in [0.05, 0.1) is 20.5 Å². The molecule has 0 saturated heterocycles. The van der Waals surface area contributed by atoms with E-state index in [0.29, 0.717) is 0 Å². The van der Waals surface area contributed by atoms with Crippen molar-refractivity contribution >= 4 is 55.5 Å². The number of azo groups is 1. The highest BCUT2D eigenvalue weighted by Gasteiger charge is 2.16. The summed E-state index contributed by atoms with van der Waals surface area (Å²) in [5.74, 6) is -0.717. The minimum absolute atomic E-state index is 0.0487. The summed E-state index contributed by atoms with van der Waals surface area (Å²) in [5.41, 5.74) is 0.106. The van der Waals surface area contributed by atoms with Crippen LogP contribution in [0.15, 0.2) is 50.4 Å². The summed E-state index contributed by atoms with van der Waals surface area (Å²) in [7, 11) is -3.77.